The Bertz CT molecular complexity index is 873. The average Bonchev–Trinajstić information content (AvgIpc) is 3.07. The molecule has 0 spiro atoms. The average molecular weight is 357 g/mol. The van der Waals surface area contributed by atoms with Crippen LogP contribution in [-0.4, -0.2) is 57.3 Å². The number of para-hydroxylation sites is 2. The number of carbonyl (C=O) groups is 3. The van der Waals surface area contributed by atoms with E-state index in [0.717, 1.165) is 21.8 Å². The summed E-state index contributed by atoms with van der Waals surface area (Å²) in [6.07, 6.45) is -0.0622. The summed E-state index contributed by atoms with van der Waals surface area (Å²) in [7, 11) is 2.95. The molecule has 4 amide bonds. The number of carbonyl (C=O) groups excluding carboxylic acids is 3. The predicted molar refractivity (Wildman–Crippen MR) is 96.3 cm³/mol. The van der Waals surface area contributed by atoms with Crippen LogP contribution in [0.15, 0.2) is 24.3 Å². The molecular formula is C18H23N5O3. The highest BCUT2D eigenvalue weighted by Gasteiger charge is 2.41. The van der Waals surface area contributed by atoms with Crippen LogP contribution in [0, 0.1) is 0 Å². The van der Waals surface area contributed by atoms with Gasteiger partial charge in [0, 0.05) is 20.1 Å². The summed E-state index contributed by atoms with van der Waals surface area (Å²) >= 11 is 0. The number of amides is 4. The van der Waals surface area contributed by atoms with E-state index in [1.807, 2.05) is 24.3 Å². The van der Waals surface area contributed by atoms with E-state index in [0.29, 0.717) is 0 Å². The number of likely N-dealkylation sites (N-methyl/N-ethyl adjacent to an activating group) is 2. The van der Waals surface area contributed by atoms with Gasteiger partial charge in [0.2, 0.25) is 5.91 Å². The van der Waals surface area contributed by atoms with Gasteiger partial charge in [-0.15, -0.1) is 0 Å². The van der Waals surface area contributed by atoms with Crippen molar-refractivity contribution < 1.29 is 14.4 Å². The van der Waals surface area contributed by atoms with Gasteiger partial charge in [-0.2, -0.15) is 0 Å². The number of benzene rings is 1. The Morgan fingerprint density at radius 2 is 1.92 bits per heavy atom. The highest BCUT2D eigenvalue weighted by molar-refractivity contribution is 6.05. The molecule has 138 valence electrons. The van der Waals surface area contributed by atoms with Crippen LogP contribution in [0.25, 0.3) is 11.0 Å². The summed E-state index contributed by atoms with van der Waals surface area (Å²) in [6.45, 7) is 4.39. The quantitative estimate of drug-likeness (QED) is 0.822. The Kier molecular flexibility index (Phi) is 4.67. The molecule has 0 bridgehead atoms. The summed E-state index contributed by atoms with van der Waals surface area (Å²) in [4.78, 5) is 43.1. The maximum atomic E-state index is 12.3. The van der Waals surface area contributed by atoms with Crippen molar-refractivity contribution in [3.8, 4) is 0 Å². The fraction of sp³-hybridized carbons (Fsp3) is 0.444. The van der Waals surface area contributed by atoms with Crippen molar-refractivity contribution in [1.82, 2.24) is 24.7 Å². The molecular weight excluding hydrogens is 334 g/mol. The van der Waals surface area contributed by atoms with Crippen LogP contribution in [0.2, 0.25) is 0 Å². The Balaban J connectivity index is 1.71. The molecule has 2 aromatic rings. The van der Waals surface area contributed by atoms with Crippen molar-refractivity contribution in [3.63, 3.8) is 0 Å². The highest BCUT2D eigenvalue weighted by atomic mass is 16.2. The second-order valence-electron chi connectivity index (χ2n) is 6.77. The third kappa shape index (κ3) is 3.02. The SMILES string of the molecule is CC(C)n1c(CNC(=O)C[C@@H]2C(=O)N(C)C(=O)N2C)nc2ccccc21. The number of imide groups is 1. The molecule has 1 saturated heterocycles. The maximum Gasteiger partial charge on any atom is 0.326 e. The minimum atomic E-state index is -0.753. The van der Waals surface area contributed by atoms with E-state index in [2.05, 4.69) is 28.7 Å². The molecule has 8 nitrogen and oxygen atoms in total. The van der Waals surface area contributed by atoms with Gasteiger partial charge in [0.05, 0.1) is 24.0 Å². The smallest absolute Gasteiger partial charge is 0.326 e. The Morgan fingerprint density at radius 3 is 2.54 bits per heavy atom. The third-order valence-corrected chi connectivity index (χ3v) is 4.68. The minimum absolute atomic E-state index is 0.0622. The van der Waals surface area contributed by atoms with Gasteiger partial charge in [0.1, 0.15) is 11.9 Å². The first-order valence-electron chi connectivity index (χ1n) is 8.58. The third-order valence-electron chi connectivity index (χ3n) is 4.68. The molecule has 1 atom stereocenters. The van der Waals surface area contributed by atoms with E-state index in [1.54, 1.807) is 0 Å². The molecule has 26 heavy (non-hydrogen) atoms. The summed E-state index contributed by atoms with van der Waals surface area (Å²) < 4.78 is 2.08. The molecule has 1 aromatic heterocycles. The lowest BCUT2D eigenvalue weighted by molar-refractivity contribution is -0.131. The van der Waals surface area contributed by atoms with E-state index >= 15 is 0 Å². The number of imidazole rings is 1. The van der Waals surface area contributed by atoms with Crippen molar-refractivity contribution in [1.29, 1.82) is 0 Å². The molecule has 1 aromatic carbocycles. The normalized spacial score (nSPS) is 17.7. The molecule has 0 aliphatic carbocycles. The van der Waals surface area contributed by atoms with Crippen molar-refractivity contribution in [3.05, 3.63) is 30.1 Å². The first-order chi connectivity index (χ1) is 12.3. The number of rotatable bonds is 5. The molecule has 0 radical (unpaired) electrons. The summed E-state index contributed by atoms with van der Waals surface area (Å²) in [5.74, 6) is 0.108. The Morgan fingerprint density at radius 1 is 1.23 bits per heavy atom. The molecule has 1 aliphatic rings. The topological polar surface area (TPSA) is 87.5 Å². The van der Waals surface area contributed by atoms with Crippen LogP contribution in [0.3, 0.4) is 0 Å². The number of aromatic nitrogens is 2. The van der Waals surface area contributed by atoms with Crippen molar-refractivity contribution in [2.45, 2.75) is 38.9 Å². The zero-order chi connectivity index (χ0) is 19.0. The van der Waals surface area contributed by atoms with Gasteiger partial charge in [-0.05, 0) is 26.0 Å². The zero-order valence-electron chi connectivity index (χ0n) is 15.4. The van der Waals surface area contributed by atoms with Gasteiger partial charge in [0.25, 0.3) is 5.91 Å². The van der Waals surface area contributed by atoms with E-state index in [4.69, 9.17) is 0 Å². The monoisotopic (exact) mass is 357 g/mol. The van der Waals surface area contributed by atoms with E-state index in [1.165, 1.54) is 19.0 Å². The zero-order valence-corrected chi connectivity index (χ0v) is 15.4. The number of hydrogen-bond acceptors (Lipinski definition) is 4. The molecule has 8 heteroatoms. The van der Waals surface area contributed by atoms with E-state index in [-0.39, 0.29) is 30.8 Å². The van der Waals surface area contributed by atoms with Gasteiger partial charge in [0.15, 0.2) is 0 Å². The number of hydrogen-bond donors (Lipinski definition) is 1. The van der Waals surface area contributed by atoms with Crippen molar-refractivity contribution >= 4 is 28.9 Å². The number of urea groups is 1. The largest absolute Gasteiger partial charge is 0.349 e. The van der Waals surface area contributed by atoms with E-state index < -0.39 is 12.1 Å². The van der Waals surface area contributed by atoms with Gasteiger partial charge in [-0.3, -0.25) is 14.5 Å². The summed E-state index contributed by atoms with van der Waals surface area (Å²) in [5, 5.41) is 2.82. The van der Waals surface area contributed by atoms with Crippen molar-refractivity contribution in [2.75, 3.05) is 14.1 Å². The van der Waals surface area contributed by atoms with Crippen LogP contribution < -0.4 is 5.32 Å². The lowest BCUT2D eigenvalue weighted by Gasteiger charge is -2.16. The molecule has 0 saturated carbocycles. The molecule has 2 heterocycles. The molecule has 1 fully saturated rings. The maximum absolute atomic E-state index is 12.3. The Labute approximate surface area is 151 Å². The second kappa shape index (κ2) is 6.78. The van der Waals surface area contributed by atoms with E-state index in [9.17, 15) is 14.4 Å². The van der Waals surface area contributed by atoms with Gasteiger partial charge < -0.3 is 14.8 Å². The molecule has 3 rings (SSSR count). The van der Waals surface area contributed by atoms with Gasteiger partial charge in [-0.1, -0.05) is 12.1 Å². The molecule has 1 N–H and O–H groups in total. The van der Waals surface area contributed by atoms with Gasteiger partial charge >= 0.3 is 6.03 Å². The van der Waals surface area contributed by atoms with Crippen LogP contribution in [0.1, 0.15) is 32.1 Å². The lowest BCUT2D eigenvalue weighted by atomic mass is 10.2. The van der Waals surface area contributed by atoms with Crippen LogP contribution in [-0.2, 0) is 16.1 Å². The second-order valence-corrected chi connectivity index (χ2v) is 6.77. The Hall–Kier alpha value is -2.90. The fourth-order valence-electron chi connectivity index (χ4n) is 3.30. The van der Waals surface area contributed by atoms with Crippen LogP contribution in [0.5, 0.6) is 0 Å². The van der Waals surface area contributed by atoms with Crippen LogP contribution in [0.4, 0.5) is 4.79 Å². The summed E-state index contributed by atoms with van der Waals surface area (Å²) in [6, 6.07) is 6.88. The van der Waals surface area contributed by atoms with Crippen molar-refractivity contribution in [2.24, 2.45) is 0 Å². The molecule has 0 unspecified atom stereocenters. The summed E-state index contributed by atoms with van der Waals surface area (Å²) in [5.41, 5.74) is 1.90. The number of nitrogens with one attached hydrogen (secondary N) is 1. The number of nitrogens with zero attached hydrogens (tertiary/aromatic N) is 4. The first-order valence-corrected chi connectivity index (χ1v) is 8.58. The first kappa shape index (κ1) is 17.9. The van der Waals surface area contributed by atoms with Crippen LogP contribution >= 0.6 is 0 Å². The number of fused-ring (bicyclic) bond motifs is 1. The van der Waals surface area contributed by atoms with Gasteiger partial charge in [-0.25, -0.2) is 9.78 Å². The standard InChI is InChI=1S/C18H23N5O3/c1-11(2)23-13-8-6-5-7-12(13)20-15(23)10-19-16(24)9-14-17(25)22(4)18(26)21(14)3/h5-8,11,14H,9-10H2,1-4H3,(H,19,24)/t14-/m1/s1. The predicted octanol–water partition coefficient (Wildman–Crippen LogP) is 1.52. The minimum Gasteiger partial charge on any atom is -0.349 e. The molecule has 1 aliphatic heterocycles. The highest BCUT2D eigenvalue weighted by Crippen LogP contribution is 2.21. The lowest BCUT2D eigenvalue weighted by Crippen LogP contribution is -2.37. The fourth-order valence-corrected chi connectivity index (χ4v) is 3.30.